The van der Waals surface area contributed by atoms with E-state index in [1.54, 1.807) is 0 Å². The van der Waals surface area contributed by atoms with E-state index in [0.29, 0.717) is 26.1 Å². The van der Waals surface area contributed by atoms with E-state index >= 15 is 0 Å². The molecule has 0 aliphatic heterocycles. The first kappa shape index (κ1) is 19.6. The van der Waals surface area contributed by atoms with Gasteiger partial charge in [-0.1, -0.05) is 43.5 Å². The van der Waals surface area contributed by atoms with Crippen LogP contribution in [0.25, 0.3) is 0 Å². The zero-order valence-corrected chi connectivity index (χ0v) is 12.6. The fourth-order valence-electron chi connectivity index (χ4n) is 1.23. The number of unbranched alkanes of at least 4 members (excludes halogenated alkanes) is 1. The maximum absolute atomic E-state index is 10.6. The molecule has 0 aromatic heterocycles. The van der Waals surface area contributed by atoms with Gasteiger partial charge in [0.05, 0.1) is 6.61 Å². The summed E-state index contributed by atoms with van der Waals surface area (Å²) in [4.78, 5) is 21.0. The second-order valence-corrected chi connectivity index (χ2v) is 4.10. The van der Waals surface area contributed by atoms with Crippen LogP contribution in [-0.4, -0.2) is 30.3 Å². The molecular formula is C17H22O5. The molecule has 0 saturated carbocycles. The molecule has 5 nitrogen and oxygen atoms in total. The maximum Gasteiger partial charge on any atom is 0.330 e. The number of carbonyl (C=O) groups excluding carboxylic acids is 2. The molecule has 1 rings (SSSR count). The number of aliphatic hydroxyl groups is 1. The molecule has 0 heterocycles. The van der Waals surface area contributed by atoms with Crippen molar-refractivity contribution in [2.75, 3.05) is 13.2 Å². The second kappa shape index (κ2) is 13.6. The molecule has 0 aliphatic carbocycles. The predicted octanol–water partition coefficient (Wildman–Crippen LogP) is 2.40. The Morgan fingerprint density at radius 1 is 1.00 bits per heavy atom. The first-order valence-electron chi connectivity index (χ1n) is 6.87. The quantitative estimate of drug-likeness (QED) is 0.453. The number of aliphatic hydroxyl groups excluding tert-OH is 1. The van der Waals surface area contributed by atoms with E-state index in [1.807, 2.05) is 30.3 Å². The molecule has 1 aromatic rings. The molecule has 0 aliphatic rings. The summed E-state index contributed by atoms with van der Waals surface area (Å²) in [6.07, 6.45) is 3.66. The Hall–Kier alpha value is -2.40. The molecule has 0 unspecified atom stereocenters. The van der Waals surface area contributed by atoms with Gasteiger partial charge in [-0.25, -0.2) is 9.59 Å². The summed E-state index contributed by atoms with van der Waals surface area (Å²) in [6.45, 7) is 7.36. The van der Waals surface area contributed by atoms with Crippen molar-refractivity contribution in [3.63, 3.8) is 0 Å². The van der Waals surface area contributed by atoms with Crippen LogP contribution in [0.4, 0.5) is 0 Å². The van der Waals surface area contributed by atoms with Crippen molar-refractivity contribution in [2.24, 2.45) is 0 Å². The normalized spacial score (nSPS) is 8.95. The first-order chi connectivity index (χ1) is 10.6. The monoisotopic (exact) mass is 306 g/mol. The maximum atomic E-state index is 10.6. The van der Waals surface area contributed by atoms with Gasteiger partial charge in [-0.2, -0.15) is 0 Å². The van der Waals surface area contributed by atoms with Crippen LogP contribution in [0.5, 0.6) is 0 Å². The highest BCUT2D eigenvalue weighted by Gasteiger charge is 1.95. The summed E-state index contributed by atoms with van der Waals surface area (Å²) in [5.41, 5.74) is 0.979. The van der Waals surface area contributed by atoms with E-state index in [2.05, 4.69) is 17.9 Å². The molecule has 0 fully saturated rings. The minimum absolute atomic E-state index is 0.144. The number of hydrogen-bond acceptors (Lipinski definition) is 5. The van der Waals surface area contributed by atoms with Gasteiger partial charge < -0.3 is 14.6 Å². The van der Waals surface area contributed by atoms with Gasteiger partial charge in [-0.3, -0.25) is 0 Å². The zero-order chi connectivity index (χ0) is 16.6. The van der Waals surface area contributed by atoms with Gasteiger partial charge in [0.2, 0.25) is 0 Å². The highest BCUT2D eigenvalue weighted by atomic mass is 16.5. The van der Waals surface area contributed by atoms with Crippen LogP contribution in [0.2, 0.25) is 0 Å². The van der Waals surface area contributed by atoms with Crippen molar-refractivity contribution in [3.8, 4) is 0 Å². The van der Waals surface area contributed by atoms with Crippen molar-refractivity contribution >= 4 is 11.9 Å². The van der Waals surface area contributed by atoms with Crippen LogP contribution in [0.3, 0.4) is 0 Å². The molecule has 0 bridgehead atoms. The van der Waals surface area contributed by atoms with Crippen LogP contribution in [0.1, 0.15) is 18.4 Å². The minimum atomic E-state index is -0.405. The van der Waals surface area contributed by atoms with Crippen molar-refractivity contribution in [1.82, 2.24) is 0 Å². The van der Waals surface area contributed by atoms with Crippen molar-refractivity contribution < 1.29 is 24.2 Å². The predicted molar refractivity (Wildman–Crippen MR) is 83.9 cm³/mol. The number of rotatable bonds is 8. The fourth-order valence-corrected chi connectivity index (χ4v) is 1.23. The lowest BCUT2D eigenvalue weighted by Gasteiger charge is -2.00. The number of carbonyl (C=O) groups is 2. The summed E-state index contributed by atoms with van der Waals surface area (Å²) in [5.74, 6) is -0.795. The molecule has 0 amide bonds. The van der Waals surface area contributed by atoms with Crippen molar-refractivity contribution in [1.29, 1.82) is 0 Å². The number of benzene rings is 1. The third-order valence-corrected chi connectivity index (χ3v) is 2.35. The van der Waals surface area contributed by atoms with Gasteiger partial charge in [-0.05, 0) is 18.4 Å². The van der Waals surface area contributed by atoms with Gasteiger partial charge in [0.1, 0.15) is 6.61 Å². The van der Waals surface area contributed by atoms with Gasteiger partial charge >= 0.3 is 11.9 Å². The van der Waals surface area contributed by atoms with E-state index in [-0.39, 0.29) is 12.6 Å². The van der Waals surface area contributed by atoms with Gasteiger partial charge in [-0.15, -0.1) is 0 Å². The van der Waals surface area contributed by atoms with Crippen LogP contribution >= 0.6 is 0 Å². The lowest BCUT2D eigenvalue weighted by Crippen LogP contribution is -2.02. The van der Waals surface area contributed by atoms with Crippen molar-refractivity contribution in [3.05, 3.63) is 61.2 Å². The standard InChI is InChI=1S/C10H10O2.C7H12O3/c1-2-10(11)12-8-9-6-4-3-5-7-9;1-2-7(9)10-6-4-3-5-8/h2-7H,1,8H2;2,8H,1,3-6H2. The number of ether oxygens (including phenoxy) is 2. The minimum Gasteiger partial charge on any atom is -0.463 e. The third kappa shape index (κ3) is 11.4. The Morgan fingerprint density at radius 2 is 1.59 bits per heavy atom. The Morgan fingerprint density at radius 3 is 2.14 bits per heavy atom. The van der Waals surface area contributed by atoms with Crippen LogP contribution in [-0.2, 0) is 25.7 Å². The lowest BCUT2D eigenvalue weighted by atomic mass is 10.2. The van der Waals surface area contributed by atoms with Gasteiger partial charge in [0.25, 0.3) is 0 Å². The van der Waals surface area contributed by atoms with Crippen LogP contribution in [0, 0.1) is 0 Å². The second-order valence-electron chi connectivity index (χ2n) is 4.10. The molecule has 0 spiro atoms. The molecular weight excluding hydrogens is 284 g/mol. The van der Waals surface area contributed by atoms with E-state index in [1.165, 1.54) is 0 Å². The van der Waals surface area contributed by atoms with Crippen LogP contribution < -0.4 is 0 Å². The summed E-state index contributed by atoms with van der Waals surface area (Å²) in [5, 5.41) is 8.33. The molecule has 0 radical (unpaired) electrons. The van der Waals surface area contributed by atoms with Gasteiger partial charge in [0.15, 0.2) is 0 Å². The fraction of sp³-hybridized carbons (Fsp3) is 0.294. The molecule has 5 heteroatoms. The lowest BCUT2D eigenvalue weighted by molar-refractivity contribution is -0.139. The van der Waals surface area contributed by atoms with E-state index in [4.69, 9.17) is 9.84 Å². The molecule has 0 saturated heterocycles. The number of hydrogen-bond donors (Lipinski definition) is 1. The molecule has 1 aromatic carbocycles. The van der Waals surface area contributed by atoms with Crippen molar-refractivity contribution in [2.45, 2.75) is 19.4 Å². The van der Waals surface area contributed by atoms with E-state index < -0.39 is 5.97 Å². The average Bonchev–Trinajstić information content (AvgIpc) is 2.57. The van der Waals surface area contributed by atoms with E-state index in [9.17, 15) is 9.59 Å². The summed E-state index contributed by atoms with van der Waals surface area (Å²) in [7, 11) is 0. The summed E-state index contributed by atoms with van der Waals surface area (Å²) < 4.78 is 9.45. The SMILES string of the molecule is C=CC(=O)OCCCCO.C=CC(=O)OCc1ccccc1. The summed E-state index contributed by atoms with van der Waals surface area (Å²) >= 11 is 0. The zero-order valence-electron chi connectivity index (χ0n) is 12.6. The summed E-state index contributed by atoms with van der Waals surface area (Å²) in [6, 6.07) is 9.51. The third-order valence-electron chi connectivity index (χ3n) is 2.35. The first-order valence-corrected chi connectivity index (χ1v) is 6.87. The molecule has 120 valence electrons. The Balaban J connectivity index is 0.000000409. The average molecular weight is 306 g/mol. The Bertz CT molecular complexity index is 453. The Kier molecular flexibility index (Phi) is 12.1. The van der Waals surface area contributed by atoms with E-state index in [0.717, 1.165) is 17.7 Å². The number of esters is 2. The molecule has 0 atom stereocenters. The Labute approximate surface area is 130 Å². The largest absolute Gasteiger partial charge is 0.463 e. The highest BCUT2D eigenvalue weighted by molar-refractivity contribution is 5.81. The topological polar surface area (TPSA) is 72.8 Å². The highest BCUT2D eigenvalue weighted by Crippen LogP contribution is 2.00. The smallest absolute Gasteiger partial charge is 0.330 e. The molecule has 22 heavy (non-hydrogen) atoms. The van der Waals surface area contributed by atoms with Gasteiger partial charge in [0, 0.05) is 18.8 Å². The molecule has 1 N–H and O–H groups in total. The van der Waals surface area contributed by atoms with Crippen LogP contribution in [0.15, 0.2) is 55.6 Å².